The molecule has 0 saturated carbocycles. The Morgan fingerprint density at radius 1 is 1.37 bits per heavy atom. The molecular weight excluding hydrogens is 265 g/mol. The molecule has 0 bridgehead atoms. The van der Waals surface area contributed by atoms with Crippen molar-refractivity contribution in [3.63, 3.8) is 0 Å². The molecule has 1 aromatic rings. The van der Waals surface area contributed by atoms with Crippen molar-refractivity contribution >= 4 is 17.8 Å². The normalized spacial score (nSPS) is 12.4. The second kappa shape index (κ2) is 5.21. The lowest BCUT2D eigenvalue weighted by atomic mass is 10.4. The SMILES string of the molecule is CC(=O)/N=C(\N(C)C(C)=O)n1cc(C(F)(F)F)cn1. The third-order valence-electron chi connectivity index (χ3n) is 2.14. The first-order valence-electron chi connectivity index (χ1n) is 5.08. The van der Waals surface area contributed by atoms with Crippen LogP contribution in [0.15, 0.2) is 17.4 Å². The van der Waals surface area contributed by atoms with Gasteiger partial charge in [0, 0.05) is 27.1 Å². The Bertz CT molecular complexity index is 533. The lowest BCUT2D eigenvalue weighted by Crippen LogP contribution is -2.37. The molecule has 0 saturated heterocycles. The largest absolute Gasteiger partial charge is 0.419 e. The molecule has 0 aliphatic carbocycles. The Balaban J connectivity index is 3.24. The summed E-state index contributed by atoms with van der Waals surface area (Å²) in [7, 11) is 1.28. The average Bonchev–Trinajstić information content (AvgIpc) is 2.73. The first-order chi connectivity index (χ1) is 8.62. The Kier molecular flexibility index (Phi) is 4.07. The van der Waals surface area contributed by atoms with E-state index < -0.39 is 23.6 Å². The zero-order chi connectivity index (χ0) is 14.8. The topological polar surface area (TPSA) is 67.6 Å². The molecule has 0 N–H and O–H groups in total. The lowest BCUT2D eigenvalue weighted by molar-refractivity contribution is -0.137. The van der Waals surface area contributed by atoms with Crippen LogP contribution in [0.2, 0.25) is 0 Å². The van der Waals surface area contributed by atoms with Crippen molar-refractivity contribution in [3.8, 4) is 0 Å². The van der Waals surface area contributed by atoms with Gasteiger partial charge < -0.3 is 0 Å². The molecule has 0 aliphatic heterocycles. The van der Waals surface area contributed by atoms with E-state index in [-0.39, 0.29) is 5.96 Å². The van der Waals surface area contributed by atoms with Gasteiger partial charge in [-0.05, 0) is 0 Å². The first-order valence-corrected chi connectivity index (χ1v) is 5.08. The van der Waals surface area contributed by atoms with Gasteiger partial charge in [-0.2, -0.15) is 23.3 Å². The number of hydrogen-bond donors (Lipinski definition) is 0. The van der Waals surface area contributed by atoms with Crippen LogP contribution in [0.25, 0.3) is 0 Å². The maximum absolute atomic E-state index is 12.4. The van der Waals surface area contributed by atoms with Gasteiger partial charge in [0.2, 0.25) is 17.8 Å². The van der Waals surface area contributed by atoms with Gasteiger partial charge in [0.05, 0.1) is 11.8 Å². The van der Waals surface area contributed by atoms with Gasteiger partial charge in [0.25, 0.3) is 0 Å². The zero-order valence-electron chi connectivity index (χ0n) is 10.4. The number of alkyl halides is 3. The summed E-state index contributed by atoms with van der Waals surface area (Å²) >= 11 is 0. The highest BCUT2D eigenvalue weighted by Gasteiger charge is 2.33. The van der Waals surface area contributed by atoms with Gasteiger partial charge in [-0.1, -0.05) is 0 Å². The molecule has 0 radical (unpaired) electrons. The number of carbonyl (C=O) groups is 2. The predicted molar refractivity (Wildman–Crippen MR) is 59.2 cm³/mol. The van der Waals surface area contributed by atoms with Gasteiger partial charge in [0.1, 0.15) is 0 Å². The summed E-state index contributed by atoms with van der Waals surface area (Å²) < 4.78 is 38.1. The van der Waals surface area contributed by atoms with Crippen molar-refractivity contribution in [2.75, 3.05) is 7.05 Å². The van der Waals surface area contributed by atoms with Gasteiger partial charge in [0.15, 0.2) is 0 Å². The molecule has 0 unspecified atom stereocenters. The molecule has 0 atom stereocenters. The predicted octanol–water partition coefficient (Wildman–Crippen LogP) is 1.13. The molecule has 2 amide bonds. The van der Waals surface area contributed by atoms with Crippen molar-refractivity contribution in [1.82, 2.24) is 14.7 Å². The van der Waals surface area contributed by atoms with Crippen molar-refractivity contribution in [3.05, 3.63) is 18.0 Å². The fraction of sp³-hybridized carbons (Fsp3) is 0.400. The smallest absolute Gasteiger partial charge is 0.284 e. The van der Waals surface area contributed by atoms with E-state index in [4.69, 9.17) is 0 Å². The minimum atomic E-state index is -4.56. The van der Waals surface area contributed by atoms with E-state index in [2.05, 4.69) is 10.1 Å². The molecule has 1 aromatic heterocycles. The highest BCUT2D eigenvalue weighted by molar-refractivity contribution is 6.01. The second-order valence-corrected chi connectivity index (χ2v) is 3.68. The van der Waals surface area contributed by atoms with E-state index in [1.165, 1.54) is 14.0 Å². The number of amides is 2. The minimum absolute atomic E-state index is 0.296. The van der Waals surface area contributed by atoms with E-state index in [1.807, 2.05) is 0 Å². The summed E-state index contributed by atoms with van der Waals surface area (Å²) in [5.74, 6) is -1.45. The molecule has 1 rings (SSSR count). The Morgan fingerprint density at radius 2 is 1.95 bits per heavy atom. The lowest BCUT2D eigenvalue weighted by Gasteiger charge is -2.16. The van der Waals surface area contributed by atoms with E-state index in [0.717, 1.165) is 16.5 Å². The third kappa shape index (κ3) is 3.63. The third-order valence-corrected chi connectivity index (χ3v) is 2.14. The second-order valence-electron chi connectivity index (χ2n) is 3.68. The van der Waals surface area contributed by atoms with Crippen LogP contribution >= 0.6 is 0 Å². The summed E-state index contributed by atoms with van der Waals surface area (Å²) in [6, 6.07) is 0. The molecule has 19 heavy (non-hydrogen) atoms. The number of carbonyl (C=O) groups excluding carboxylic acids is 2. The number of halogens is 3. The van der Waals surface area contributed by atoms with E-state index >= 15 is 0 Å². The fourth-order valence-electron chi connectivity index (χ4n) is 1.14. The number of aromatic nitrogens is 2. The summed E-state index contributed by atoms with van der Waals surface area (Å²) in [4.78, 5) is 26.6. The Morgan fingerprint density at radius 3 is 2.32 bits per heavy atom. The van der Waals surface area contributed by atoms with Gasteiger partial charge in [-0.25, -0.2) is 4.68 Å². The van der Waals surface area contributed by atoms with Crippen LogP contribution in [-0.2, 0) is 15.8 Å². The van der Waals surface area contributed by atoms with Crippen molar-refractivity contribution < 1.29 is 22.8 Å². The summed E-state index contributed by atoms with van der Waals surface area (Å²) in [5, 5.41) is 3.46. The number of aliphatic imine (C=N–C) groups is 1. The molecular formula is C10H11F3N4O2. The first kappa shape index (κ1) is 14.9. The van der Waals surface area contributed by atoms with Crippen LogP contribution in [0.3, 0.4) is 0 Å². The number of nitrogens with zero attached hydrogens (tertiary/aromatic N) is 4. The molecule has 6 nitrogen and oxygen atoms in total. The van der Waals surface area contributed by atoms with Gasteiger partial charge >= 0.3 is 6.18 Å². The van der Waals surface area contributed by atoms with E-state index in [1.54, 1.807) is 0 Å². The number of hydrogen-bond acceptors (Lipinski definition) is 3. The molecule has 0 spiro atoms. The zero-order valence-corrected chi connectivity index (χ0v) is 10.4. The van der Waals surface area contributed by atoms with Gasteiger partial charge in [-0.15, -0.1) is 0 Å². The van der Waals surface area contributed by atoms with E-state index in [0.29, 0.717) is 12.4 Å². The summed E-state index contributed by atoms with van der Waals surface area (Å²) in [5.41, 5.74) is -0.999. The standard InChI is InChI=1S/C10H11F3N4O2/c1-6(18)15-9(16(3)7(2)19)17-5-8(4-14-17)10(11,12)13/h4-5H,1-3H3/b15-9+. The Hall–Kier alpha value is -2.19. The van der Waals surface area contributed by atoms with Crippen molar-refractivity contribution in [2.24, 2.45) is 4.99 Å². The highest BCUT2D eigenvalue weighted by Crippen LogP contribution is 2.28. The van der Waals surface area contributed by atoms with Crippen LogP contribution < -0.4 is 0 Å². The van der Waals surface area contributed by atoms with E-state index in [9.17, 15) is 22.8 Å². The van der Waals surface area contributed by atoms with Crippen molar-refractivity contribution in [1.29, 1.82) is 0 Å². The Labute approximate surface area is 106 Å². The summed E-state index contributed by atoms with van der Waals surface area (Å²) in [6.45, 7) is 2.30. The molecule has 0 aliphatic rings. The van der Waals surface area contributed by atoms with Gasteiger partial charge in [-0.3, -0.25) is 14.5 Å². The molecule has 1 heterocycles. The maximum Gasteiger partial charge on any atom is 0.419 e. The highest BCUT2D eigenvalue weighted by atomic mass is 19.4. The maximum atomic E-state index is 12.4. The summed E-state index contributed by atoms with van der Waals surface area (Å²) in [6.07, 6.45) is -3.32. The quantitative estimate of drug-likeness (QED) is 0.527. The number of rotatable bonds is 0. The van der Waals surface area contributed by atoms with Crippen LogP contribution in [0.1, 0.15) is 19.4 Å². The van der Waals surface area contributed by atoms with Crippen LogP contribution in [0, 0.1) is 0 Å². The average molecular weight is 276 g/mol. The van der Waals surface area contributed by atoms with Crippen LogP contribution in [0.5, 0.6) is 0 Å². The minimum Gasteiger partial charge on any atom is -0.284 e. The fourth-order valence-corrected chi connectivity index (χ4v) is 1.14. The monoisotopic (exact) mass is 276 g/mol. The van der Waals surface area contributed by atoms with Crippen molar-refractivity contribution in [2.45, 2.75) is 20.0 Å². The molecule has 0 fully saturated rings. The molecule has 0 aromatic carbocycles. The molecule has 104 valence electrons. The van der Waals surface area contributed by atoms with Crippen LogP contribution in [-0.4, -0.2) is 39.5 Å². The molecule has 9 heteroatoms. The van der Waals surface area contributed by atoms with Crippen LogP contribution in [0.4, 0.5) is 13.2 Å².